The first kappa shape index (κ1) is 123. The lowest BCUT2D eigenvalue weighted by Crippen LogP contribution is -2.31. The monoisotopic (exact) mass is 1700 g/mol. The Bertz CT molecular complexity index is 3040. The molecule has 708 valence electrons. The van der Waals surface area contributed by atoms with Gasteiger partial charge < -0.3 is 45.2 Å². The zero-order valence-corrected chi connectivity index (χ0v) is 87.9. The van der Waals surface area contributed by atoms with Gasteiger partial charge in [-0.25, -0.2) is 0 Å². The van der Waals surface area contributed by atoms with Crippen molar-refractivity contribution in [1.82, 2.24) is 0 Å². The molecule has 3 rings (SSSR count). The summed E-state index contributed by atoms with van der Waals surface area (Å²) in [7, 11) is 0. The average Bonchev–Trinajstić information content (AvgIpc) is 0.839. The minimum Gasteiger partial charge on any atom is -0.508 e. The van der Waals surface area contributed by atoms with Gasteiger partial charge in [0.15, 0.2) is 0 Å². The molecule has 3 aromatic rings. The van der Waals surface area contributed by atoms with E-state index in [1.807, 2.05) is 58.0 Å². The Labute approximate surface area is 753 Å². The fourth-order valence-electron chi connectivity index (χ4n) is 20.9. The lowest BCUT2D eigenvalue weighted by molar-refractivity contribution is -0.0347. The summed E-state index contributed by atoms with van der Waals surface area (Å²) in [5.41, 5.74) is 7.75. The van der Waals surface area contributed by atoms with Crippen LogP contribution < -0.4 is 0 Å². The Morgan fingerprint density at radius 3 is 0.884 bits per heavy atom. The van der Waals surface area contributed by atoms with E-state index in [9.17, 15) is 35.7 Å². The van der Waals surface area contributed by atoms with Crippen molar-refractivity contribution in [1.29, 1.82) is 0 Å². The molecule has 3 aromatic carbocycles. The minimum absolute atomic E-state index is 0.266. The molecule has 0 aliphatic carbocycles. The van der Waals surface area contributed by atoms with Crippen molar-refractivity contribution in [2.75, 3.05) is 13.2 Å². The lowest BCUT2D eigenvalue weighted by Gasteiger charge is -2.31. The predicted octanol–water partition coefficient (Wildman–Crippen LogP) is 30.2. The molecule has 7 N–H and O–H groups in total. The number of rotatable bonds is 43. The number of ether oxygens (including phenoxy) is 2. The van der Waals surface area contributed by atoms with Crippen LogP contribution in [0.1, 0.15) is 366 Å². The highest BCUT2D eigenvalue weighted by Crippen LogP contribution is 2.37. The summed E-state index contributed by atoms with van der Waals surface area (Å²) in [6.45, 7) is 99.9. The van der Waals surface area contributed by atoms with Crippen LogP contribution >= 0.6 is 0 Å². The highest BCUT2D eigenvalue weighted by Gasteiger charge is 2.31. The Morgan fingerprint density at radius 2 is 0.612 bits per heavy atom. The number of phenolic OH excluding ortho intramolecular Hbond substituents is 2. The number of hydrogen-bond donors (Lipinski definition) is 7. The molecule has 0 spiro atoms. The van der Waals surface area contributed by atoms with Gasteiger partial charge in [0, 0.05) is 13.2 Å². The largest absolute Gasteiger partial charge is 0.508 e. The van der Waals surface area contributed by atoms with E-state index in [-0.39, 0.29) is 6.10 Å². The van der Waals surface area contributed by atoms with Gasteiger partial charge in [-0.2, -0.15) is 0 Å². The van der Waals surface area contributed by atoms with Crippen LogP contribution in [0.3, 0.4) is 0 Å². The Balaban J connectivity index is -0.000000661. The fourth-order valence-corrected chi connectivity index (χ4v) is 20.9. The van der Waals surface area contributed by atoms with Crippen LogP contribution in [0.2, 0.25) is 0 Å². The van der Waals surface area contributed by atoms with Gasteiger partial charge in [-0.15, -0.1) is 11.5 Å². The molecule has 7 atom stereocenters. The summed E-state index contributed by atoms with van der Waals surface area (Å²) in [6.07, 6.45) is 15.6. The third-order valence-electron chi connectivity index (χ3n) is 25.4. The second kappa shape index (κ2) is 61.5. The molecule has 0 radical (unpaired) electrons. The molecule has 121 heavy (non-hydrogen) atoms. The Hall–Kier alpha value is -3.98. The highest BCUT2D eigenvalue weighted by atomic mass is 16.5. The summed E-state index contributed by atoms with van der Waals surface area (Å²) in [5.74, 6) is 18.0. The van der Waals surface area contributed by atoms with Crippen LogP contribution in [0, 0.1) is 154 Å². The Kier molecular flexibility index (Phi) is 62.6. The molecule has 0 amide bonds. The molecule has 0 fully saturated rings. The minimum atomic E-state index is -0.763. The first-order valence-corrected chi connectivity index (χ1v) is 48.5. The average molecular weight is 1700 g/mol. The van der Waals surface area contributed by atoms with Crippen molar-refractivity contribution in [3.05, 3.63) is 131 Å². The van der Waals surface area contributed by atoms with Gasteiger partial charge >= 0.3 is 0 Å². The SMILES string of the molecule is CC(C)C(C(C)C)C(C)C=C=CC(C)(C)O.CC(C)C(C(C)C)C(C)C=C=CC(C)(C)O.CC(C)C(C(C)C)C(C)Cc1ccc(O)cc1.CC(C)C(C(C)C)C(C)Cc1cccc(C(C)(C)O)c1.CC(C)C(C(C)C)C(C)Cc1cccc(O)c1.CC(C)C(C(C)C)C(C)OCCC(C)(C)O.CCC(O)(CC)CCCOC(C)C(C(C)C)C(C)C. The maximum Gasteiger partial charge on any atom is 0.115 e. The van der Waals surface area contributed by atoms with Crippen molar-refractivity contribution in [3.63, 3.8) is 0 Å². The number of hydrogen-bond acceptors (Lipinski definition) is 9. The summed E-state index contributed by atoms with van der Waals surface area (Å²) in [5, 5.41) is 67.8. The van der Waals surface area contributed by atoms with Gasteiger partial charge in [0.1, 0.15) is 11.5 Å². The summed E-state index contributed by atoms with van der Waals surface area (Å²) >= 11 is 0. The van der Waals surface area contributed by atoms with Crippen molar-refractivity contribution >= 4 is 0 Å². The first-order valence-electron chi connectivity index (χ1n) is 48.5. The van der Waals surface area contributed by atoms with Gasteiger partial charge in [0.25, 0.3) is 0 Å². The van der Waals surface area contributed by atoms with Crippen LogP contribution in [0.4, 0.5) is 0 Å². The number of phenols is 2. The van der Waals surface area contributed by atoms with Crippen LogP contribution in [0.15, 0.2) is 109 Å². The van der Waals surface area contributed by atoms with E-state index in [0.29, 0.717) is 155 Å². The molecule has 7 unspecified atom stereocenters. The maximum absolute atomic E-state index is 10.2. The number of benzene rings is 3. The first-order chi connectivity index (χ1) is 55.2. The number of aromatic hydroxyl groups is 2. The molecule has 0 saturated heterocycles. The molecule has 0 aliphatic rings. The van der Waals surface area contributed by atoms with E-state index >= 15 is 0 Å². The van der Waals surface area contributed by atoms with Crippen LogP contribution in [0.5, 0.6) is 11.5 Å². The standard InChI is InChI=1S/C19H32O.C17H36O2.2C16H26O.2C15H28O.C14H30O2/c1-13(2)18(14(3)4)15(5)11-16-9-8-10-17(12-16)19(6,7)20;1-8-17(18,9-2)11-10-12-19-15(7)16(13(3)4)14(5)6;1-11(2)16(12(3)4)13(5)10-14-6-8-15(17)9-7-14;1-11(2)16(12(3)4)13(5)9-14-7-6-8-15(17)10-14;2*1-11(2)14(12(3)4)13(5)9-8-10-15(6,7)16;1-10(2)13(11(3)4)12(5)16-9-8-14(6,7)15/h8-10,12-15,18,20H,11H2,1-7H3;13-16,18H,8-12H2,1-7H3;6-9,11-13,16-17H,10H2,1-5H3;6-8,10-13,16-17H,9H2,1-5H3;2*9-14,16H,1-7H3;10-13,15H,8-9H2,1-7H3. The predicted molar refractivity (Wildman–Crippen MR) is 531 cm³/mol. The van der Waals surface area contributed by atoms with Crippen molar-refractivity contribution in [2.24, 2.45) is 154 Å². The Morgan fingerprint density at radius 1 is 0.322 bits per heavy atom. The third kappa shape index (κ3) is 56.8. The summed E-state index contributed by atoms with van der Waals surface area (Å²) in [6, 6.07) is 23.7. The second-order valence-electron chi connectivity index (χ2n) is 44.3. The smallest absolute Gasteiger partial charge is 0.115 e. The van der Waals surface area contributed by atoms with E-state index in [0.717, 1.165) is 86.7 Å². The summed E-state index contributed by atoms with van der Waals surface area (Å²) in [4.78, 5) is 0. The van der Waals surface area contributed by atoms with E-state index in [1.54, 1.807) is 58.0 Å². The molecule has 9 heteroatoms. The molecular weight excluding hydrogens is 1490 g/mol. The second-order valence-corrected chi connectivity index (χ2v) is 44.3. The topological polar surface area (TPSA) is 160 Å². The van der Waals surface area contributed by atoms with Gasteiger partial charge in [-0.1, -0.05) is 291 Å². The van der Waals surface area contributed by atoms with Gasteiger partial charge in [-0.3, -0.25) is 0 Å². The highest BCUT2D eigenvalue weighted by molar-refractivity contribution is 5.29. The zero-order chi connectivity index (χ0) is 95.3. The molecule has 0 aliphatic heterocycles. The molecule has 0 bridgehead atoms. The van der Waals surface area contributed by atoms with E-state index in [1.165, 1.54) is 16.7 Å². The van der Waals surface area contributed by atoms with Gasteiger partial charge in [0.05, 0.1) is 40.2 Å². The van der Waals surface area contributed by atoms with Crippen LogP contribution in [0.25, 0.3) is 0 Å². The maximum atomic E-state index is 10.2. The normalized spacial score (nSPS) is 14.3. The number of aliphatic hydroxyl groups is 5. The fraction of sp³-hybridized carbons (Fsp3) is 0.786. The van der Waals surface area contributed by atoms with Crippen molar-refractivity contribution in [2.45, 2.75) is 403 Å². The van der Waals surface area contributed by atoms with E-state index in [2.05, 4.69) is 304 Å². The van der Waals surface area contributed by atoms with Crippen molar-refractivity contribution < 1.29 is 45.2 Å². The van der Waals surface area contributed by atoms with Crippen LogP contribution in [-0.2, 0) is 34.3 Å². The molecule has 9 nitrogen and oxygen atoms in total. The van der Waals surface area contributed by atoms with Crippen molar-refractivity contribution in [3.8, 4) is 11.5 Å². The molecular formula is C112H206O9. The molecule has 0 aromatic heterocycles. The lowest BCUT2D eigenvalue weighted by atomic mass is 9.74. The van der Waals surface area contributed by atoms with E-state index in [4.69, 9.17) is 9.47 Å². The van der Waals surface area contributed by atoms with Gasteiger partial charge in [-0.05, 0) is 345 Å². The molecule has 0 saturated carbocycles. The van der Waals surface area contributed by atoms with Gasteiger partial charge in [0.2, 0.25) is 0 Å². The zero-order valence-electron chi connectivity index (χ0n) is 87.9. The summed E-state index contributed by atoms with van der Waals surface area (Å²) < 4.78 is 11.8. The molecule has 0 heterocycles. The van der Waals surface area contributed by atoms with Crippen LogP contribution in [-0.4, -0.2) is 83.6 Å². The van der Waals surface area contributed by atoms with E-state index < -0.39 is 28.0 Å². The quantitative estimate of drug-likeness (QED) is 0.0216. The third-order valence-corrected chi connectivity index (χ3v) is 25.4.